The molecule has 0 saturated carbocycles. The molecular formula is C14H22BrNO. The van der Waals surface area contributed by atoms with E-state index in [1.54, 1.807) is 0 Å². The zero-order valence-corrected chi connectivity index (χ0v) is 12.5. The highest BCUT2D eigenvalue weighted by molar-refractivity contribution is 9.10. The van der Waals surface area contributed by atoms with E-state index in [0.717, 1.165) is 29.7 Å². The van der Waals surface area contributed by atoms with Crippen LogP contribution in [0, 0.1) is 5.92 Å². The number of benzene rings is 1. The minimum Gasteiger partial charge on any atom is -0.489 e. The molecule has 0 radical (unpaired) electrons. The molecule has 0 aliphatic carbocycles. The maximum atomic E-state index is 5.92. The second kappa shape index (κ2) is 7.72. The van der Waals surface area contributed by atoms with Crippen molar-refractivity contribution in [1.29, 1.82) is 0 Å². The van der Waals surface area contributed by atoms with Gasteiger partial charge < -0.3 is 10.1 Å². The van der Waals surface area contributed by atoms with Crippen LogP contribution in [0.25, 0.3) is 0 Å². The third-order valence-corrected chi connectivity index (χ3v) is 3.02. The van der Waals surface area contributed by atoms with Gasteiger partial charge in [0.1, 0.15) is 11.9 Å². The minimum absolute atomic E-state index is 0.245. The van der Waals surface area contributed by atoms with Crippen LogP contribution in [-0.4, -0.2) is 19.2 Å². The molecule has 0 heterocycles. The Morgan fingerprint density at radius 1 is 1.18 bits per heavy atom. The molecule has 0 aliphatic rings. The topological polar surface area (TPSA) is 21.3 Å². The molecule has 0 saturated heterocycles. The van der Waals surface area contributed by atoms with E-state index in [1.165, 1.54) is 0 Å². The predicted molar refractivity (Wildman–Crippen MR) is 76.6 cm³/mol. The van der Waals surface area contributed by atoms with Gasteiger partial charge in [-0.25, -0.2) is 0 Å². The van der Waals surface area contributed by atoms with Gasteiger partial charge in [-0.3, -0.25) is 0 Å². The van der Waals surface area contributed by atoms with E-state index in [4.69, 9.17) is 4.74 Å². The van der Waals surface area contributed by atoms with Crippen molar-refractivity contribution in [2.24, 2.45) is 5.92 Å². The average molecular weight is 300 g/mol. The van der Waals surface area contributed by atoms with Gasteiger partial charge in [0.15, 0.2) is 0 Å². The highest BCUT2D eigenvalue weighted by atomic mass is 79.9. The van der Waals surface area contributed by atoms with Gasteiger partial charge in [0.2, 0.25) is 0 Å². The first kappa shape index (κ1) is 14.5. The summed E-state index contributed by atoms with van der Waals surface area (Å²) in [5.74, 6) is 1.62. The summed E-state index contributed by atoms with van der Waals surface area (Å²) in [5, 5.41) is 3.43. The van der Waals surface area contributed by atoms with E-state index in [2.05, 4.69) is 42.0 Å². The fraction of sp³-hybridized carbons (Fsp3) is 0.571. The van der Waals surface area contributed by atoms with Crippen molar-refractivity contribution in [1.82, 2.24) is 5.32 Å². The summed E-state index contributed by atoms with van der Waals surface area (Å²) in [6, 6.07) is 8.00. The summed E-state index contributed by atoms with van der Waals surface area (Å²) < 4.78 is 7.00. The van der Waals surface area contributed by atoms with Crippen molar-refractivity contribution >= 4 is 15.9 Å². The Hall–Kier alpha value is -0.540. The molecular weight excluding hydrogens is 278 g/mol. The van der Waals surface area contributed by atoms with Crippen molar-refractivity contribution in [3.05, 3.63) is 28.7 Å². The zero-order valence-electron chi connectivity index (χ0n) is 10.9. The van der Waals surface area contributed by atoms with E-state index < -0.39 is 0 Å². The number of ether oxygens (including phenoxy) is 1. The molecule has 2 nitrogen and oxygen atoms in total. The Labute approximate surface area is 113 Å². The lowest BCUT2D eigenvalue weighted by Gasteiger charge is -2.19. The summed E-state index contributed by atoms with van der Waals surface area (Å²) in [5.41, 5.74) is 0. The minimum atomic E-state index is 0.245. The molecule has 1 rings (SSSR count). The van der Waals surface area contributed by atoms with Gasteiger partial charge >= 0.3 is 0 Å². The SMILES string of the molecule is CCC(CNCC(C)C)Oc1ccc(Br)cc1. The lowest BCUT2D eigenvalue weighted by atomic mass is 10.2. The summed E-state index contributed by atoms with van der Waals surface area (Å²) in [6.45, 7) is 8.53. The van der Waals surface area contributed by atoms with Crippen LogP contribution in [-0.2, 0) is 0 Å². The van der Waals surface area contributed by atoms with E-state index >= 15 is 0 Å². The van der Waals surface area contributed by atoms with Crippen LogP contribution in [0.1, 0.15) is 27.2 Å². The molecule has 3 heteroatoms. The van der Waals surface area contributed by atoms with Gasteiger partial charge in [0, 0.05) is 11.0 Å². The largest absolute Gasteiger partial charge is 0.489 e. The summed E-state index contributed by atoms with van der Waals surface area (Å²) >= 11 is 3.42. The number of halogens is 1. The summed E-state index contributed by atoms with van der Waals surface area (Å²) in [6.07, 6.45) is 1.26. The molecule has 1 atom stereocenters. The van der Waals surface area contributed by atoms with Crippen molar-refractivity contribution < 1.29 is 4.74 Å². The first-order valence-corrected chi connectivity index (χ1v) is 7.04. The number of rotatable bonds is 7. The smallest absolute Gasteiger partial charge is 0.119 e. The Bertz CT molecular complexity index is 311. The summed E-state index contributed by atoms with van der Waals surface area (Å²) in [4.78, 5) is 0. The van der Waals surface area contributed by atoms with Gasteiger partial charge in [-0.2, -0.15) is 0 Å². The van der Waals surface area contributed by atoms with Crippen LogP contribution in [0.2, 0.25) is 0 Å². The summed E-state index contributed by atoms with van der Waals surface area (Å²) in [7, 11) is 0. The molecule has 0 aromatic heterocycles. The van der Waals surface area contributed by atoms with Crippen molar-refractivity contribution in [3.63, 3.8) is 0 Å². The van der Waals surface area contributed by atoms with Gasteiger partial charge in [-0.1, -0.05) is 36.7 Å². The van der Waals surface area contributed by atoms with Crippen LogP contribution in [0.3, 0.4) is 0 Å². The first-order valence-electron chi connectivity index (χ1n) is 6.24. The third kappa shape index (κ3) is 6.08. The van der Waals surface area contributed by atoms with Crippen LogP contribution in [0.15, 0.2) is 28.7 Å². The van der Waals surface area contributed by atoms with E-state index in [9.17, 15) is 0 Å². The second-order valence-electron chi connectivity index (χ2n) is 4.65. The predicted octanol–water partition coefficient (Wildman–Crippen LogP) is 3.85. The highest BCUT2D eigenvalue weighted by Crippen LogP contribution is 2.17. The van der Waals surface area contributed by atoms with Gasteiger partial charge in [-0.05, 0) is 43.1 Å². The maximum absolute atomic E-state index is 5.92. The number of hydrogen-bond donors (Lipinski definition) is 1. The van der Waals surface area contributed by atoms with E-state index in [-0.39, 0.29) is 6.10 Å². The fourth-order valence-electron chi connectivity index (χ4n) is 1.51. The Morgan fingerprint density at radius 3 is 2.35 bits per heavy atom. The lowest BCUT2D eigenvalue weighted by Crippen LogP contribution is -2.32. The molecule has 0 fully saturated rings. The Kier molecular flexibility index (Phi) is 6.60. The quantitative estimate of drug-likeness (QED) is 0.826. The van der Waals surface area contributed by atoms with Crippen LogP contribution in [0.4, 0.5) is 0 Å². The standard InChI is InChI=1S/C14H22BrNO/c1-4-13(10-16-9-11(2)3)17-14-7-5-12(15)6-8-14/h5-8,11,13,16H,4,9-10H2,1-3H3. The molecule has 0 bridgehead atoms. The zero-order chi connectivity index (χ0) is 12.7. The Morgan fingerprint density at radius 2 is 1.82 bits per heavy atom. The van der Waals surface area contributed by atoms with Gasteiger partial charge in [0.05, 0.1) is 0 Å². The number of hydrogen-bond acceptors (Lipinski definition) is 2. The molecule has 1 aromatic carbocycles. The van der Waals surface area contributed by atoms with Crippen molar-refractivity contribution in [3.8, 4) is 5.75 Å². The molecule has 1 N–H and O–H groups in total. The molecule has 96 valence electrons. The van der Waals surface area contributed by atoms with Gasteiger partial charge in [0.25, 0.3) is 0 Å². The molecule has 0 aliphatic heterocycles. The number of nitrogens with one attached hydrogen (secondary N) is 1. The molecule has 0 amide bonds. The maximum Gasteiger partial charge on any atom is 0.119 e. The van der Waals surface area contributed by atoms with Crippen LogP contribution >= 0.6 is 15.9 Å². The lowest BCUT2D eigenvalue weighted by molar-refractivity contribution is 0.192. The van der Waals surface area contributed by atoms with Crippen LogP contribution < -0.4 is 10.1 Å². The monoisotopic (exact) mass is 299 g/mol. The normalized spacial score (nSPS) is 12.8. The van der Waals surface area contributed by atoms with Crippen molar-refractivity contribution in [2.75, 3.05) is 13.1 Å². The van der Waals surface area contributed by atoms with Crippen molar-refractivity contribution in [2.45, 2.75) is 33.3 Å². The molecule has 17 heavy (non-hydrogen) atoms. The van der Waals surface area contributed by atoms with Gasteiger partial charge in [-0.15, -0.1) is 0 Å². The average Bonchev–Trinajstić information content (AvgIpc) is 2.30. The first-order chi connectivity index (χ1) is 8.11. The molecule has 1 unspecified atom stereocenters. The molecule has 1 aromatic rings. The van der Waals surface area contributed by atoms with Crippen LogP contribution in [0.5, 0.6) is 5.75 Å². The highest BCUT2D eigenvalue weighted by Gasteiger charge is 2.07. The van der Waals surface area contributed by atoms with E-state index in [1.807, 2.05) is 24.3 Å². The third-order valence-electron chi connectivity index (χ3n) is 2.50. The molecule has 0 spiro atoms. The second-order valence-corrected chi connectivity index (χ2v) is 5.57. The van der Waals surface area contributed by atoms with E-state index in [0.29, 0.717) is 5.92 Å². The fourth-order valence-corrected chi connectivity index (χ4v) is 1.77. The Balaban J connectivity index is 2.38.